The topological polar surface area (TPSA) is 33.2 Å². The molecular weight excluding hydrogens is 292 g/mol. The van der Waals surface area contributed by atoms with Crippen LogP contribution in [0.4, 0.5) is 0 Å². The molecule has 1 aromatic rings. The molecule has 0 unspecified atom stereocenters. The first kappa shape index (κ1) is 13.5. The van der Waals surface area contributed by atoms with E-state index in [-0.39, 0.29) is 5.91 Å². The Morgan fingerprint density at radius 3 is 2.56 bits per heavy atom. The molecular formula is C14H19BrN2O. The average molecular weight is 311 g/mol. The van der Waals surface area contributed by atoms with Crippen LogP contribution in [0.5, 0.6) is 0 Å². The molecule has 3 nitrogen and oxygen atoms in total. The lowest BCUT2D eigenvalue weighted by molar-refractivity contribution is 0.0630. The minimum Gasteiger partial charge on any atom is -0.339 e. The Kier molecular flexibility index (Phi) is 3.76. The van der Waals surface area contributed by atoms with E-state index in [4.69, 9.17) is 0 Å². The predicted molar refractivity (Wildman–Crippen MR) is 75.6 cm³/mol. The molecule has 0 radical (unpaired) electrons. The maximum atomic E-state index is 12.3. The highest BCUT2D eigenvalue weighted by Crippen LogP contribution is 2.30. The van der Waals surface area contributed by atoms with Crippen LogP contribution in [0.25, 0.3) is 0 Å². The van der Waals surface area contributed by atoms with Gasteiger partial charge in [0.2, 0.25) is 0 Å². The van der Waals surface area contributed by atoms with Crippen molar-refractivity contribution in [1.29, 1.82) is 0 Å². The van der Waals surface area contributed by atoms with Crippen LogP contribution in [0, 0.1) is 12.3 Å². The number of carbonyl (C=O) groups excluding carboxylic acids is 1. The number of halogens is 1. The van der Waals surface area contributed by atoms with Gasteiger partial charge in [-0.05, 0) is 47.2 Å². The zero-order chi connectivity index (χ0) is 13.3. The summed E-state index contributed by atoms with van der Waals surface area (Å²) in [5.74, 6) is 0.0960. The van der Waals surface area contributed by atoms with E-state index in [2.05, 4.69) is 34.8 Å². The third-order valence-corrected chi connectivity index (χ3v) is 4.48. The van der Waals surface area contributed by atoms with Crippen LogP contribution in [-0.2, 0) is 0 Å². The Balaban J connectivity index is 2.10. The Labute approximate surface area is 117 Å². The van der Waals surface area contributed by atoms with Crippen molar-refractivity contribution >= 4 is 21.8 Å². The number of carbonyl (C=O) groups is 1. The molecule has 0 aromatic carbocycles. The molecule has 0 N–H and O–H groups in total. The van der Waals surface area contributed by atoms with Gasteiger partial charge in [-0.25, -0.2) is 0 Å². The fraction of sp³-hybridized carbons (Fsp3) is 0.571. The molecule has 0 atom stereocenters. The minimum absolute atomic E-state index is 0.0960. The number of nitrogens with zero attached hydrogens (tertiary/aromatic N) is 2. The number of amides is 1. The zero-order valence-electron chi connectivity index (χ0n) is 11.2. The fourth-order valence-electron chi connectivity index (χ4n) is 2.12. The van der Waals surface area contributed by atoms with E-state index < -0.39 is 0 Å². The summed E-state index contributed by atoms with van der Waals surface area (Å²) in [6.07, 6.45) is 3.81. The second-order valence-electron chi connectivity index (χ2n) is 5.75. The minimum atomic E-state index is 0.0960. The van der Waals surface area contributed by atoms with Gasteiger partial charge in [0.15, 0.2) is 0 Å². The van der Waals surface area contributed by atoms with Gasteiger partial charge in [0.05, 0.1) is 11.3 Å². The highest BCUT2D eigenvalue weighted by atomic mass is 79.9. The van der Waals surface area contributed by atoms with Crippen LogP contribution in [-0.4, -0.2) is 28.9 Å². The van der Waals surface area contributed by atoms with E-state index in [1.165, 1.54) is 0 Å². The lowest BCUT2D eigenvalue weighted by Crippen LogP contribution is -2.41. The molecule has 1 aliphatic rings. The molecule has 1 amide bonds. The lowest BCUT2D eigenvalue weighted by Gasteiger charge is -2.36. The van der Waals surface area contributed by atoms with Gasteiger partial charge in [-0.3, -0.25) is 9.78 Å². The predicted octanol–water partition coefficient (Wildman–Crippen LogP) is 3.41. The van der Waals surface area contributed by atoms with E-state index in [1.54, 1.807) is 6.20 Å². The maximum Gasteiger partial charge on any atom is 0.255 e. The van der Waals surface area contributed by atoms with E-state index in [9.17, 15) is 4.79 Å². The molecule has 18 heavy (non-hydrogen) atoms. The Morgan fingerprint density at radius 1 is 1.39 bits per heavy atom. The molecule has 1 aliphatic heterocycles. The highest BCUT2D eigenvalue weighted by molar-refractivity contribution is 9.10. The SMILES string of the molecule is Cc1ncc(C(=O)N2CCC(C)(C)CC2)cc1Br. The standard InChI is InChI=1S/C14H19BrN2O/c1-10-12(15)8-11(9-16-10)13(18)17-6-4-14(2,3)5-7-17/h8-9H,4-7H2,1-3H3. The number of aryl methyl sites for hydroxylation is 1. The first-order valence-corrected chi connectivity index (χ1v) is 7.10. The fourth-order valence-corrected chi connectivity index (χ4v) is 2.47. The van der Waals surface area contributed by atoms with Crippen LogP contribution < -0.4 is 0 Å². The maximum absolute atomic E-state index is 12.3. The van der Waals surface area contributed by atoms with Crippen molar-refractivity contribution in [2.45, 2.75) is 33.6 Å². The third-order valence-electron chi connectivity index (χ3n) is 3.68. The molecule has 2 heterocycles. The van der Waals surface area contributed by atoms with E-state index in [1.807, 2.05) is 17.9 Å². The van der Waals surface area contributed by atoms with Gasteiger partial charge in [-0.1, -0.05) is 13.8 Å². The summed E-state index contributed by atoms with van der Waals surface area (Å²) in [5.41, 5.74) is 1.95. The van der Waals surface area contributed by atoms with Crippen molar-refractivity contribution in [2.24, 2.45) is 5.41 Å². The van der Waals surface area contributed by atoms with Gasteiger partial charge in [-0.15, -0.1) is 0 Å². The normalized spacial score (nSPS) is 18.8. The largest absolute Gasteiger partial charge is 0.339 e. The number of likely N-dealkylation sites (tertiary alicyclic amines) is 1. The van der Waals surface area contributed by atoms with Crippen molar-refractivity contribution < 1.29 is 4.79 Å². The smallest absolute Gasteiger partial charge is 0.255 e. The second kappa shape index (κ2) is 5.00. The molecule has 0 bridgehead atoms. The van der Waals surface area contributed by atoms with Gasteiger partial charge in [0.1, 0.15) is 0 Å². The third kappa shape index (κ3) is 2.91. The summed E-state index contributed by atoms with van der Waals surface area (Å²) in [5, 5.41) is 0. The Morgan fingerprint density at radius 2 is 2.00 bits per heavy atom. The van der Waals surface area contributed by atoms with Gasteiger partial charge in [0, 0.05) is 23.8 Å². The van der Waals surface area contributed by atoms with Crippen molar-refractivity contribution in [3.63, 3.8) is 0 Å². The summed E-state index contributed by atoms with van der Waals surface area (Å²) in [7, 11) is 0. The van der Waals surface area contributed by atoms with Gasteiger partial charge in [0.25, 0.3) is 5.91 Å². The van der Waals surface area contributed by atoms with Crippen LogP contribution >= 0.6 is 15.9 Å². The lowest BCUT2D eigenvalue weighted by atomic mass is 9.82. The number of hydrogen-bond acceptors (Lipinski definition) is 2. The quantitative estimate of drug-likeness (QED) is 0.796. The summed E-state index contributed by atoms with van der Waals surface area (Å²) >= 11 is 3.42. The molecule has 1 fully saturated rings. The van der Waals surface area contributed by atoms with Crippen molar-refractivity contribution in [3.05, 3.63) is 28.0 Å². The number of aromatic nitrogens is 1. The monoisotopic (exact) mass is 310 g/mol. The summed E-state index contributed by atoms with van der Waals surface area (Å²) in [4.78, 5) is 18.5. The van der Waals surface area contributed by atoms with Gasteiger partial charge >= 0.3 is 0 Å². The molecule has 4 heteroatoms. The first-order chi connectivity index (χ1) is 8.39. The van der Waals surface area contributed by atoms with Crippen LogP contribution in [0.2, 0.25) is 0 Å². The second-order valence-corrected chi connectivity index (χ2v) is 6.60. The van der Waals surface area contributed by atoms with Crippen LogP contribution in [0.1, 0.15) is 42.7 Å². The molecule has 1 aromatic heterocycles. The Hall–Kier alpha value is -0.900. The van der Waals surface area contributed by atoms with Crippen molar-refractivity contribution in [3.8, 4) is 0 Å². The number of hydrogen-bond donors (Lipinski definition) is 0. The van der Waals surface area contributed by atoms with E-state index >= 15 is 0 Å². The zero-order valence-corrected chi connectivity index (χ0v) is 12.7. The molecule has 98 valence electrons. The first-order valence-electron chi connectivity index (χ1n) is 6.30. The molecule has 0 aliphatic carbocycles. The number of rotatable bonds is 1. The van der Waals surface area contributed by atoms with E-state index in [0.717, 1.165) is 36.1 Å². The van der Waals surface area contributed by atoms with Gasteiger partial charge in [-0.2, -0.15) is 0 Å². The summed E-state index contributed by atoms with van der Waals surface area (Å²) < 4.78 is 0.894. The highest BCUT2D eigenvalue weighted by Gasteiger charge is 2.28. The van der Waals surface area contributed by atoms with Crippen LogP contribution in [0.15, 0.2) is 16.7 Å². The van der Waals surface area contributed by atoms with Crippen molar-refractivity contribution in [1.82, 2.24) is 9.88 Å². The van der Waals surface area contributed by atoms with E-state index in [0.29, 0.717) is 11.0 Å². The molecule has 0 spiro atoms. The van der Waals surface area contributed by atoms with Crippen molar-refractivity contribution in [2.75, 3.05) is 13.1 Å². The molecule has 2 rings (SSSR count). The summed E-state index contributed by atoms with van der Waals surface area (Å²) in [6.45, 7) is 8.13. The summed E-state index contributed by atoms with van der Waals surface area (Å²) in [6, 6.07) is 1.87. The molecule has 1 saturated heterocycles. The van der Waals surface area contributed by atoms with Crippen LogP contribution in [0.3, 0.4) is 0 Å². The average Bonchev–Trinajstić information content (AvgIpc) is 2.32. The number of piperidine rings is 1. The Bertz CT molecular complexity index is 461. The van der Waals surface area contributed by atoms with Gasteiger partial charge < -0.3 is 4.90 Å². The molecule has 0 saturated carbocycles. The number of pyridine rings is 1.